The molecular formula is C23H22N2O6S. The van der Waals surface area contributed by atoms with Crippen LogP contribution in [-0.4, -0.2) is 48.7 Å². The van der Waals surface area contributed by atoms with Gasteiger partial charge in [0.1, 0.15) is 5.75 Å². The number of hydrogen-bond donors (Lipinski definition) is 0. The molecule has 2 aromatic rings. The summed E-state index contributed by atoms with van der Waals surface area (Å²) in [5.74, 6) is -0.678. The van der Waals surface area contributed by atoms with Gasteiger partial charge in [-0.25, -0.2) is 14.6 Å². The summed E-state index contributed by atoms with van der Waals surface area (Å²) >= 11 is 1.08. The first-order valence-corrected chi connectivity index (χ1v) is 10.5. The van der Waals surface area contributed by atoms with E-state index in [4.69, 9.17) is 9.47 Å². The van der Waals surface area contributed by atoms with Gasteiger partial charge in [0.05, 0.1) is 43.5 Å². The number of amides is 1. The molecule has 0 radical (unpaired) electrons. The van der Waals surface area contributed by atoms with Crippen LogP contribution in [0.15, 0.2) is 64.5 Å². The highest BCUT2D eigenvalue weighted by Crippen LogP contribution is 2.34. The Balaban J connectivity index is 1.90. The van der Waals surface area contributed by atoms with E-state index >= 15 is 0 Å². The van der Waals surface area contributed by atoms with Gasteiger partial charge in [-0.3, -0.25) is 9.69 Å². The molecule has 8 nitrogen and oxygen atoms in total. The first kappa shape index (κ1) is 23.1. The zero-order chi connectivity index (χ0) is 23.1. The topological polar surface area (TPSA) is 94.5 Å². The van der Waals surface area contributed by atoms with E-state index in [2.05, 4.69) is 9.73 Å². The Hall–Kier alpha value is -3.59. The molecule has 1 heterocycles. The van der Waals surface area contributed by atoms with Crippen molar-refractivity contribution in [3.05, 3.63) is 70.6 Å². The van der Waals surface area contributed by atoms with Crippen molar-refractivity contribution in [1.82, 2.24) is 4.90 Å². The summed E-state index contributed by atoms with van der Waals surface area (Å²) in [5.41, 5.74) is 1.82. The predicted molar refractivity (Wildman–Crippen MR) is 121 cm³/mol. The molecule has 32 heavy (non-hydrogen) atoms. The Morgan fingerprint density at radius 2 is 1.75 bits per heavy atom. The third kappa shape index (κ3) is 5.55. The average molecular weight is 455 g/mol. The Kier molecular flexibility index (Phi) is 7.67. The van der Waals surface area contributed by atoms with Crippen molar-refractivity contribution in [3.8, 4) is 5.75 Å². The van der Waals surface area contributed by atoms with Crippen molar-refractivity contribution in [2.75, 3.05) is 20.8 Å². The van der Waals surface area contributed by atoms with Crippen LogP contribution in [0.5, 0.6) is 5.75 Å². The van der Waals surface area contributed by atoms with Crippen LogP contribution in [0.4, 0.5) is 5.69 Å². The molecule has 0 aromatic heterocycles. The van der Waals surface area contributed by atoms with Crippen LogP contribution in [0.2, 0.25) is 0 Å². The van der Waals surface area contributed by atoms with Gasteiger partial charge in [-0.05, 0) is 60.6 Å². The summed E-state index contributed by atoms with van der Waals surface area (Å²) in [6.07, 6.45) is 1.15. The van der Waals surface area contributed by atoms with Crippen LogP contribution in [0, 0.1) is 0 Å². The van der Waals surface area contributed by atoms with Crippen LogP contribution in [-0.2, 0) is 25.6 Å². The lowest BCUT2D eigenvalue weighted by Crippen LogP contribution is -2.28. The lowest BCUT2D eigenvalue weighted by Gasteiger charge is -2.16. The number of benzene rings is 2. The highest BCUT2D eigenvalue weighted by molar-refractivity contribution is 8.18. The van der Waals surface area contributed by atoms with E-state index in [1.54, 1.807) is 50.4 Å². The van der Waals surface area contributed by atoms with E-state index in [0.717, 1.165) is 23.4 Å². The zero-order valence-corrected chi connectivity index (χ0v) is 18.7. The van der Waals surface area contributed by atoms with E-state index in [1.807, 2.05) is 12.1 Å². The number of nitrogens with zero attached hydrogens (tertiary/aromatic N) is 2. The summed E-state index contributed by atoms with van der Waals surface area (Å²) in [5, 5.41) is 0.407. The summed E-state index contributed by atoms with van der Waals surface area (Å²) in [6, 6.07) is 13.9. The number of carbonyl (C=O) groups is 3. The fourth-order valence-electron chi connectivity index (χ4n) is 2.81. The van der Waals surface area contributed by atoms with Gasteiger partial charge >= 0.3 is 11.9 Å². The normalized spacial score (nSPS) is 15.8. The van der Waals surface area contributed by atoms with Gasteiger partial charge in [-0.15, -0.1) is 0 Å². The maximum atomic E-state index is 13.0. The van der Waals surface area contributed by atoms with Gasteiger partial charge < -0.3 is 14.2 Å². The van der Waals surface area contributed by atoms with Gasteiger partial charge in [-0.2, -0.15) is 0 Å². The third-order valence-electron chi connectivity index (χ3n) is 4.44. The van der Waals surface area contributed by atoms with Gasteiger partial charge in [0.25, 0.3) is 5.91 Å². The molecule has 0 aliphatic carbocycles. The highest BCUT2D eigenvalue weighted by Gasteiger charge is 2.34. The fraction of sp³-hybridized carbons (Fsp3) is 0.217. The van der Waals surface area contributed by atoms with Crippen molar-refractivity contribution in [2.45, 2.75) is 13.5 Å². The molecule has 1 amide bonds. The van der Waals surface area contributed by atoms with Crippen LogP contribution in [0.1, 0.15) is 22.8 Å². The maximum Gasteiger partial charge on any atom is 0.338 e. The fourth-order valence-corrected chi connectivity index (χ4v) is 3.77. The predicted octanol–water partition coefficient (Wildman–Crippen LogP) is 3.69. The van der Waals surface area contributed by atoms with Crippen molar-refractivity contribution in [1.29, 1.82) is 0 Å². The third-order valence-corrected chi connectivity index (χ3v) is 5.45. The molecule has 2 aromatic carbocycles. The Labute approximate surface area is 189 Å². The number of thioether (sulfide) groups is 1. The molecule has 1 saturated heterocycles. The van der Waals surface area contributed by atoms with E-state index in [9.17, 15) is 14.4 Å². The quantitative estimate of drug-likeness (QED) is 0.465. The second-order valence-corrected chi connectivity index (χ2v) is 7.54. The number of amidine groups is 1. The monoisotopic (exact) mass is 454 g/mol. The SMILES string of the molecule is CCOC(=O)c1ccc(N=C2SC(=CC(=O)OC)C(=O)N2Cc2ccc(OC)cc2)cc1. The minimum Gasteiger partial charge on any atom is -0.497 e. The molecule has 166 valence electrons. The summed E-state index contributed by atoms with van der Waals surface area (Å²) in [7, 11) is 2.83. The summed E-state index contributed by atoms with van der Waals surface area (Å²) in [6.45, 7) is 2.29. The smallest absolute Gasteiger partial charge is 0.338 e. The lowest BCUT2D eigenvalue weighted by atomic mass is 10.2. The maximum absolute atomic E-state index is 13.0. The zero-order valence-electron chi connectivity index (χ0n) is 17.9. The standard InChI is InChI=1S/C23H22N2O6S/c1-4-31-22(28)16-7-9-17(10-8-16)24-23-25(14-15-5-11-18(29-2)12-6-15)21(27)19(32-23)13-20(26)30-3/h5-13H,4,14H2,1-3H3. The molecule has 0 bridgehead atoms. The first-order valence-electron chi connectivity index (χ1n) is 9.73. The molecule has 1 aliphatic heterocycles. The first-order chi connectivity index (χ1) is 15.4. The molecule has 3 rings (SSSR count). The van der Waals surface area contributed by atoms with E-state index in [-0.39, 0.29) is 24.0 Å². The lowest BCUT2D eigenvalue weighted by molar-refractivity contribution is -0.135. The van der Waals surface area contributed by atoms with Crippen molar-refractivity contribution >= 4 is 40.5 Å². The van der Waals surface area contributed by atoms with Gasteiger partial charge in [0.15, 0.2) is 5.17 Å². The van der Waals surface area contributed by atoms with Gasteiger partial charge in [0, 0.05) is 6.08 Å². The number of ether oxygens (including phenoxy) is 3. The van der Waals surface area contributed by atoms with Crippen molar-refractivity contribution in [2.24, 2.45) is 4.99 Å². The molecule has 1 aliphatic rings. The number of carbonyl (C=O) groups excluding carboxylic acids is 3. The van der Waals surface area contributed by atoms with Crippen molar-refractivity contribution < 1.29 is 28.6 Å². The number of aliphatic imine (C=N–C) groups is 1. The Morgan fingerprint density at radius 1 is 1.06 bits per heavy atom. The van der Waals surface area contributed by atoms with Crippen LogP contribution >= 0.6 is 11.8 Å². The number of esters is 2. The molecule has 1 fully saturated rings. The molecule has 0 N–H and O–H groups in total. The number of methoxy groups -OCH3 is 2. The summed E-state index contributed by atoms with van der Waals surface area (Å²) in [4.78, 5) is 42.8. The molecule has 0 unspecified atom stereocenters. The van der Waals surface area contributed by atoms with Crippen LogP contribution < -0.4 is 4.74 Å². The molecular weight excluding hydrogens is 432 g/mol. The van der Waals surface area contributed by atoms with Gasteiger partial charge in [-0.1, -0.05) is 12.1 Å². The Morgan fingerprint density at radius 3 is 2.34 bits per heavy atom. The van der Waals surface area contributed by atoms with Crippen molar-refractivity contribution in [3.63, 3.8) is 0 Å². The second kappa shape index (κ2) is 10.6. The molecule has 9 heteroatoms. The largest absolute Gasteiger partial charge is 0.497 e. The molecule has 0 spiro atoms. The second-order valence-electron chi connectivity index (χ2n) is 6.53. The van der Waals surface area contributed by atoms with E-state index in [1.165, 1.54) is 12.0 Å². The van der Waals surface area contributed by atoms with Crippen LogP contribution in [0.25, 0.3) is 0 Å². The molecule has 0 saturated carbocycles. The number of hydrogen-bond acceptors (Lipinski definition) is 8. The number of rotatable bonds is 7. The average Bonchev–Trinajstić information content (AvgIpc) is 3.08. The Bertz CT molecular complexity index is 1060. The van der Waals surface area contributed by atoms with E-state index < -0.39 is 11.9 Å². The summed E-state index contributed by atoms with van der Waals surface area (Å²) < 4.78 is 14.8. The van der Waals surface area contributed by atoms with E-state index in [0.29, 0.717) is 22.2 Å². The minimum atomic E-state index is -0.620. The molecule has 0 atom stereocenters. The highest BCUT2D eigenvalue weighted by atomic mass is 32.2. The minimum absolute atomic E-state index is 0.215. The van der Waals surface area contributed by atoms with Crippen LogP contribution in [0.3, 0.4) is 0 Å². The van der Waals surface area contributed by atoms with Gasteiger partial charge in [0.2, 0.25) is 0 Å².